The van der Waals surface area contributed by atoms with Gasteiger partial charge < -0.3 is 5.73 Å². The van der Waals surface area contributed by atoms with E-state index in [0.29, 0.717) is 10.2 Å². The minimum absolute atomic E-state index is 0.282. The first-order valence-electron chi connectivity index (χ1n) is 5.90. The van der Waals surface area contributed by atoms with E-state index >= 15 is 0 Å². The normalized spacial score (nSPS) is 10.7. The lowest BCUT2D eigenvalue weighted by atomic mass is 10.1. The van der Waals surface area contributed by atoms with Crippen LogP contribution >= 0.6 is 27.3 Å². The highest BCUT2D eigenvalue weighted by atomic mass is 79.9. The van der Waals surface area contributed by atoms with Gasteiger partial charge in [0.15, 0.2) is 0 Å². The van der Waals surface area contributed by atoms with Gasteiger partial charge in [-0.05, 0) is 30.3 Å². The number of benzene rings is 2. The molecule has 2 N–H and O–H groups in total. The molecule has 0 saturated heterocycles. The molecule has 0 saturated carbocycles. The van der Waals surface area contributed by atoms with Gasteiger partial charge in [-0.2, -0.15) is 0 Å². The molecule has 1 heterocycles. The van der Waals surface area contributed by atoms with E-state index in [9.17, 15) is 4.39 Å². The van der Waals surface area contributed by atoms with Crippen molar-refractivity contribution in [1.29, 1.82) is 0 Å². The van der Waals surface area contributed by atoms with Crippen LogP contribution in [0.4, 0.5) is 10.1 Å². The molecule has 0 spiro atoms. The van der Waals surface area contributed by atoms with Gasteiger partial charge in [0.1, 0.15) is 10.8 Å². The van der Waals surface area contributed by atoms with Gasteiger partial charge in [0.25, 0.3) is 0 Å². The Morgan fingerprint density at radius 3 is 2.70 bits per heavy atom. The number of halogens is 2. The Bertz CT molecular complexity index is 750. The van der Waals surface area contributed by atoms with Crippen LogP contribution < -0.4 is 5.73 Å². The highest BCUT2D eigenvalue weighted by molar-refractivity contribution is 9.10. The standard InChI is InChI=1S/C15H10BrFN2S/c16-11-4-10(5-12(17)7-11)15-19-14(8-20-15)9-2-1-3-13(18)6-9/h1-8H,18H2. The summed E-state index contributed by atoms with van der Waals surface area (Å²) < 4.78 is 14.1. The topological polar surface area (TPSA) is 38.9 Å². The molecule has 0 unspecified atom stereocenters. The summed E-state index contributed by atoms with van der Waals surface area (Å²) in [6.07, 6.45) is 0. The fraction of sp³-hybridized carbons (Fsp3) is 0. The van der Waals surface area contributed by atoms with Gasteiger partial charge in [-0.25, -0.2) is 9.37 Å². The van der Waals surface area contributed by atoms with E-state index in [0.717, 1.165) is 21.8 Å². The predicted octanol–water partition coefficient (Wildman–Crippen LogP) is 4.96. The number of hydrogen-bond donors (Lipinski definition) is 1. The zero-order valence-electron chi connectivity index (χ0n) is 10.3. The van der Waals surface area contributed by atoms with Gasteiger partial charge in [0, 0.05) is 26.7 Å². The van der Waals surface area contributed by atoms with Gasteiger partial charge in [0.2, 0.25) is 0 Å². The summed E-state index contributed by atoms with van der Waals surface area (Å²) in [5.74, 6) is -0.282. The molecule has 0 aliphatic heterocycles. The van der Waals surface area contributed by atoms with E-state index in [2.05, 4.69) is 20.9 Å². The molecule has 0 amide bonds. The van der Waals surface area contributed by atoms with Gasteiger partial charge in [-0.3, -0.25) is 0 Å². The molecule has 3 rings (SSSR count). The monoisotopic (exact) mass is 348 g/mol. The van der Waals surface area contributed by atoms with Crippen LogP contribution in [-0.2, 0) is 0 Å². The molecule has 2 aromatic carbocycles. The van der Waals surface area contributed by atoms with Gasteiger partial charge in [0.05, 0.1) is 5.69 Å². The Morgan fingerprint density at radius 1 is 1.10 bits per heavy atom. The van der Waals surface area contributed by atoms with Crippen LogP contribution in [0.15, 0.2) is 52.3 Å². The number of aromatic nitrogens is 1. The SMILES string of the molecule is Nc1cccc(-c2csc(-c3cc(F)cc(Br)c3)n2)c1. The third-order valence-corrected chi connectivity index (χ3v) is 4.15. The molecule has 0 aliphatic carbocycles. The van der Waals surface area contributed by atoms with Crippen LogP contribution in [0, 0.1) is 5.82 Å². The van der Waals surface area contributed by atoms with Crippen molar-refractivity contribution in [3.8, 4) is 21.8 Å². The molecule has 0 aliphatic rings. The molecule has 3 aromatic rings. The molecule has 1 aromatic heterocycles. The number of nitrogen functional groups attached to an aromatic ring is 1. The molecule has 5 heteroatoms. The smallest absolute Gasteiger partial charge is 0.125 e. The first kappa shape index (κ1) is 13.3. The van der Waals surface area contributed by atoms with Crippen molar-refractivity contribution >= 4 is 33.0 Å². The maximum Gasteiger partial charge on any atom is 0.125 e. The maximum absolute atomic E-state index is 13.4. The summed E-state index contributed by atoms with van der Waals surface area (Å²) in [7, 11) is 0. The molecule has 2 nitrogen and oxygen atoms in total. The lowest BCUT2D eigenvalue weighted by Gasteiger charge is -1.99. The number of thiazole rings is 1. The van der Waals surface area contributed by atoms with Crippen LogP contribution in [0.2, 0.25) is 0 Å². The molecular weight excluding hydrogens is 339 g/mol. The van der Waals surface area contributed by atoms with Crippen LogP contribution in [0.1, 0.15) is 0 Å². The fourth-order valence-electron chi connectivity index (χ4n) is 1.91. The Kier molecular flexibility index (Phi) is 3.54. The van der Waals surface area contributed by atoms with E-state index < -0.39 is 0 Å². The third kappa shape index (κ3) is 2.73. The van der Waals surface area contributed by atoms with Crippen molar-refractivity contribution in [2.75, 3.05) is 5.73 Å². The summed E-state index contributed by atoms with van der Waals surface area (Å²) in [4.78, 5) is 4.55. The van der Waals surface area contributed by atoms with Crippen molar-refractivity contribution in [3.63, 3.8) is 0 Å². The molecule has 0 atom stereocenters. The summed E-state index contributed by atoms with van der Waals surface area (Å²) in [6.45, 7) is 0. The number of hydrogen-bond acceptors (Lipinski definition) is 3. The lowest BCUT2D eigenvalue weighted by Crippen LogP contribution is -1.85. The Labute approximate surface area is 128 Å². The molecule has 0 bridgehead atoms. The molecule has 20 heavy (non-hydrogen) atoms. The second kappa shape index (κ2) is 5.34. The van der Waals surface area contributed by atoms with E-state index in [4.69, 9.17) is 5.73 Å². The molecule has 0 fully saturated rings. The highest BCUT2D eigenvalue weighted by Gasteiger charge is 2.08. The number of anilines is 1. The number of rotatable bonds is 2. The van der Waals surface area contributed by atoms with Crippen LogP contribution in [-0.4, -0.2) is 4.98 Å². The van der Waals surface area contributed by atoms with Crippen LogP contribution in [0.25, 0.3) is 21.8 Å². The predicted molar refractivity (Wildman–Crippen MR) is 85.1 cm³/mol. The van der Waals surface area contributed by atoms with Gasteiger partial charge in [-0.1, -0.05) is 28.1 Å². The first-order valence-corrected chi connectivity index (χ1v) is 7.57. The maximum atomic E-state index is 13.4. The summed E-state index contributed by atoms with van der Waals surface area (Å²) in [6, 6.07) is 12.3. The van der Waals surface area contributed by atoms with Crippen molar-refractivity contribution in [1.82, 2.24) is 4.98 Å². The average molecular weight is 349 g/mol. The van der Waals surface area contributed by atoms with Crippen LogP contribution in [0.3, 0.4) is 0 Å². The third-order valence-electron chi connectivity index (χ3n) is 2.80. The Hall–Kier alpha value is -1.72. The second-order valence-corrected chi connectivity index (χ2v) is 6.10. The molecule has 0 radical (unpaired) electrons. The van der Waals surface area contributed by atoms with Crippen molar-refractivity contribution in [2.24, 2.45) is 0 Å². The van der Waals surface area contributed by atoms with Crippen molar-refractivity contribution < 1.29 is 4.39 Å². The average Bonchev–Trinajstić information content (AvgIpc) is 2.87. The van der Waals surface area contributed by atoms with E-state index in [-0.39, 0.29) is 5.82 Å². The summed E-state index contributed by atoms with van der Waals surface area (Å²) >= 11 is 4.77. The van der Waals surface area contributed by atoms with E-state index in [1.807, 2.05) is 35.7 Å². The zero-order valence-corrected chi connectivity index (χ0v) is 12.7. The zero-order chi connectivity index (χ0) is 14.1. The van der Waals surface area contributed by atoms with E-state index in [1.54, 1.807) is 0 Å². The summed E-state index contributed by atoms with van der Waals surface area (Å²) in [5, 5.41) is 2.73. The summed E-state index contributed by atoms with van der Waals surface area (Å²) in [5.41, 5.74) is 9.04. The Balaban J connectivity index is 2.02. The van der Waals surface area contributed by atoms with Crippen LogP contribution in [0.5, 0.6) is 0 Å². The van der Waals surface area contributed by atoms with Gasteiger partial charge >= 0.3 is 0 Å². The largest absolute Gasteiger partial charge is 0.399 e. The number of nitrogens with two attached hydrogens (primary N) is 1. The quantitative estimate of drug-likeness (QED) is 0.664. The molecule has 100 valence electrons. The fourth-order valence-corrected chi connectivity index (χ4v) is 3.20. The number of nitrogens with zero attached hydrogens (tertiary/aromatic N) is 1. The minimum atomic E-state index is -0.282. The Morgan fingerprint density at radius 2 is 1.95 bits per heavy atom. The lowest BCUT2D eigenvalue weighted by molar-refractivity contribution is 0.627. The second-order valence-electron chi connectivity index (χ2n) is 4.32. The van der Waals surface area contributed by atoms with Gasteiger partial charge in [-0.15, -0.1) is 11.3 Å². The molecular formula is C15H10BrFN2S. The minimum Gasteiger partial charge on any atom is -0.399 e. The van der Waals surface area contributed by atoms with Crippen molar-refractivity contribution in [3.05, 3.63) is 58.1 Å². The first-order chi connectivity index (χ1) is 9.61. The highest BCUT2D eigenvalue weighted by Crippen LogP contribution is 2.31. The van der Waals surface area contributed by atoms with Crippen molar-refractivity contribution in [2.45, 2.75) is 0 Å². The van der Waals surface area contributed by atoms with E-state index in [1.165, 1.54) is 23.5 Å².